The van der Waals surface area contributed by atoms with Crippen LogP contribution in [0.1, 0.15) is 18.4 Å². The van der Waals surface area contributed by atoms with Crippen LogP contribution in [0.15, 0.2) is 90.0 Å². The van der Waals surface area contributed by atoms with Crippen LogP contribution in [0.4, 0.5) is 17.1 Å². The van der Waals surface area contributed by atoms with E-state index in [-0.39, 0.29) is 0 Å². The fourth-order valence-corrected chi connectivity index (χ4v) is 3.38. The minimum Gasteiger partial charge on any atom is -0.371 e. The van der Waals surface area contributed by atoms with Gasteiger partial charge in [0.15, 0.2) is 0 Å². The van der Waals surface area contributed by atoms with E-state index in [4.69, 9.17) is 5.10 Å². The number of hydrogen-bond donors (Lipinski definition) is 0. The second-order valence-electron chi connectivity index (χ2n) is 6.48. The van der Waals surface area contributed by atoms with E-state index in [0.29, 0.717) is 0 Å². The monoisotopic (exact) mass is 341 g/mol. The lowest BCUT2D eigenvalue weighted by atomic mass is 10.2. The van der Waals surface area contributed by atoms with Crippen LogP contribution in [0.2, 0.25) is 0 Å². The summed E-state index contributed by atoms with van der Waals surface area (Å²) in [6.45, 7) is 2.26. The lowest BCUT2D eigenvalue weighted by Crippen LogP contribution is -2.19. The molecule has 1 aliphatic rings. The zero-order chi connectivity index (χ0) is 17.6. The first-order valence-corrected chi connectivity index (χ1v) is 9.20. The molecule has 0 radical (unpaired) electrons. The fraction of sp³-hybridized carbons (Fsp3) is 0.174. The average molecular weight is 341 g/mol. The summed E-state index contributed by atoms with van der Waals surface area (Å²) in [5.74, 6) is 0. The SMILES string of the molecule is C(=NN(c1ccccc1)c1ccccc1)c1ccccc1N1CCCC1. The van der Waals surface area contributed by atoms with Gasteiger partial charge < -0.3 is 4.90 Å². The molecule has 26 heavy (non-hydrogen) atoms. The summed E-state index contributed by atoms with van der Waals surface area (Å²) in [7, 11) is 0. The van der Waals surface area contributed by atoms with Gasteiger partial charge in [-0.15, -0.1) is 0 Å². The van der Waals surface area contributed by atoms with E-state index < -0.39 is 0 Å². The fourth-order valence-electron chi connectivity index (χ4n) is 3.38. The first-order valence-electron chi connectivity index (χ1n) is 9.20. The molecule has 3 aromatic rings. The van der Waals surface area contributed by atoms with Gasteiger partial charge in [-0.2, -0.15) is 5.10 Å². The van der Waals surface area contributed by atoms with Gasteiger partial charge in [-0.05, 0) is 43.2 Å². The van der Waals surface area contributed by atoms with E-state index in [1.807, 2.05) is 47.6 Å². The van der Waals surface area contributed by atoms with Crippen LogP contribution >= 0.6 is 0 Å². The highest BCUT2D eigenvalue weighted by Gasteiger charge is 2.15. The molecule has 0 aliphatic carbocycles. The summed E-state index contributed by atoms with van der Waals surface area (Å²) >= 11 is 0. The van der Waals surface area contributed by atoms with E-state index >= 15 is 0 Å². The second-order valence-corrected chi connectivity index (χ2v) is 6.48. The molecule has 3 aromatic carbocycles. The van der Waals surface area contributed by atoms with Crippen molar-refractivity contribution in [1.29, 1.82) is 0 Å². The molecule has 0 amide bonds. The number of hydrazone groups is 1. The lowest BCUT2D eigenvalue weighted by Gasteiger charge is -2.21. The largest absolute Gasteiger partial charge is 0.371 e. The molecule has 0 N–H and O–H groups in total. The predicted octanol–water partition coefficient (Wildman–Crippen LogP) is 5.46. The van der Waals surface area contributed by atoms with Gasteiger partial charge in [-0.25, -0.2) is 5.01 Å². The minimum absolute atomic E-state index is 1.05. The molecule has 0 unspecified atom stereocenters. The van der Waals surface area contributed by atoms with E-state index in [0.717, 1.165) is 30.0 Å². The molecule has 130 valence electrons. The van der Waals surface area contributed by atoms with Crippen LogP contribution in [-0.2, 0) is 0 Å². The Morgan fingerprint density at radius 2 is 1.23 bits per heavy atom. The van der Waals surface area contributed by atoms with E-state index in [1.54, 1.807) is 0 Å². The van der Waals surface area contributed by atoms with Gasteiger partial charge in [0.1, 0.15) is 0 Å². The Morgan fingerprint density at radius 1 is 0.692 bits per heavy atom. The van der Waals surface area contributed by atoms with Crippen LogP contribution in [0.3, 0.4) is 0 Å². The number of para-hydroxylation sites is 3. The van der Waals surface area contributed by atoms with Gasteiger partial charge in [0.05, 0.1) is 17.6 Å². The summed E-state index contributed by atoms with van der Waals surface area (Å²) in [5.41, 5.74) is 4.53. The van der Waals surface area contributed by atoms with Crippen LogP contribution in [0, 0.1) is 0 Å². The third kappa shape index (κ3) is 3.62. The Morgan fingerprint density at radius 3 is 1.85 bits per heavy atom. The smallest absolute Gasteiger partial charge is 0.0652 e. The van der Waals surface area contributed by atoms with Gasteiger partial charge in [0, 0.05) is 24.3 Å². The van der Waals surface area contributed by atoms with Gasteiger partial charge in [-0.1, -0.05) is 54.6 Å². The van der Waals surface area contributed by atoms with Gasteiger partial charge >= 0.3 is 0 Å². The quantitative estimate of drug-likeness (QED) is 0.453. The van der Waals surface area contributed by atoms with Crippen LogP contribution in [0.5, 0.6) is 0 Å². The molecule has 0 bridgehead atoms. The van der Waals surface area contributed by atoms with Crippen LogP contribution < -0.4 is 9.91 Å². The summed E-state index contributed by atoms with van der Waals surface area (Å²) < 4.78 is 0. The molecule has 1 fully saturated rings. The Bertz CT molecular complexity index is 813. The van der Waals surface area contributed by atoms with Gasteiger partial charge in [0.2, 0.25) is 0 Å². The highest BCUT2D eigenvalue weighted by atomic mass is 15.5. The predicted molar refractivity (Wildman–Crippen MR) is 111 cm³/mol. The Balaban J connectivity index is 1.68. The number of benzene rings is 3. The highest BCUT2D eigenvalue weighted by molar-refractivity contribution is 5.89. The molecule has 4 rings (SSSR count). The molecule has 0 atom stereocenters. The third-order valence-corrected chi connectivity index (χ3v) is 4.70. The standard InChI is InChI=1S/C23H23N3/c1-3-12-21(13-4-1)26(22-14-5-2-6-15-22)24-19-20-11-7-8-16-23(20)25-17-9-10-18-25/h1-8,11-16,19H,9-10,17-18H2. The maximum atomic E-state index is 4.85. The molecule has 1 heterocycles. The van der Waals surface area contributed by atoms with Crippen molar-refractivity contribution < 1.29 is 0 Å². The van der Waals surface area contributed by atoms with Crippen molar-refractivity contribution in [2.45, 2.75) is 12.8 Å². The molecule has 0 aromatic heterocycles. The van der Waals surface area contributed by atoms with Crippen molar-refractivity contribution in [3.05, 3.63) is 90.5 Å². The zero-order valence-electron chi connectivity index (χ0n) is 14.8. The molecule has 3 heteroatoms. The Labute approximate surface area is 155 Å². The van der Waals surface area contributed by atoms with E-state index in [2.05, 4.69) is 53.4 Å². The maximum absolute atomic E-state index is 4.85. The molecular formula is C23H23N3. The summed E-state index contributed by atoms with van der Waals surface area (Å²) in [5, 5.41) is 6.84. The van der Waals surface area contributed by atoms with Crippen molar-refractivity contribution in [3.63, 3.8) is 0 Å². The van der Waals surface area contributed by atoms with Crippen LogP contribution in [-0.4, -0.2) is 19.3 Å². The molecule has 0 saturated carbocycles. The van der Waals surface area contributed by atoms with Crippen molar-refractivity contribution in [3.8, 4) is 0 Å². The zero-order valence-corrected chi connectivity index (χ0v) is 14.8. The third-order valence-electron chi connectivity index (χ3n) is 4.70. The minimum atomic E-state index is 1.05. The first-order chi connectivity index (χ1) is 12.9. The number of anilines is 3. The first kappa shape index (κ1) is 16.4. The van der Waals surface area contributed by atoms with E-state index in [9.17, 15) is 0 Å². The van der Waals surface area contributed by atoms with Crippen molar-refractivity contribution in [2.75, 3.05) is 23.0 Å². The molecular weight excluding hydrogens is 318 g/mol. The lowest BCUT2D eigenvalue weighted by molar-refractivity contribution is 0.949. The average Bonchev–Trinajstić information content (AvgIpc) is 3.25. The Kier molecular flexibility index (Phi) is 4.97. The molecule has 1 saturated heterocycles. The molecule has 0 spiro atoms. The van der Waals surface area contributed by atoms with E-state index in [1.165, 1.54) is 18.5 Å². The van der Waals surface area contributed by atoms with Crippen LogP contribution in [0.25, 0.3) is 0 Å². The van der Waals surface area contributed by atoms with Gasteiger partial charge in [0.25, 0.3) is 0 Å². The second kappa shape index (κ2) is 7.87. The summed E-state index contributed by atoms with van der Waals surface area (Å²) in [4.78, 5) is 2.46. The van der Waals surface area contributed by atoms with Crippen molar-refractivity contribution in [1.82, 2.24) is 0 Å². The van der Waals surface area contributed by atoms with Crippen molar-refractivity contribution >= 4 is 23.3 Å². The Hall–Kier alpha value is -3.07. The number of rotatable bonds is 5. The molecule has 1 aliphatic heterocycles. The summed E-state index contributed by atoms with van der Waals surface area (Å²) in [6.07, 6.45) is 4.52. The highest BCUT2D eigenvalue weighted by Crippen LogP contribution is 2.27. The summed E-state index contributed by atoms with van der Waals surface area (Å²) in [6, 6.07) is 29.1. The molecule has 3 nitrogen and oxygen atoms in total. The maximum Gasteiger partial charge on any atom is 0.0652 e. The van der Waals surface area contributed by atoms with Crippen molar-refractivity contribution in [2.24, 2.45) is 5.10 Å². The number of nitrogens with zero attached hydrogens (tertiary/aromatic N) is 3. The topological polar surface area (TPSA) is 18.8 Å². The van der Waals surface area contributed by atoms with Gasteiger partial charge in [-0.3, -0.25) is 0 Å². The normalized spacial score (nSPS) is 14.1. The number of hydrogen-bond acceptors (Lipinski definition) is 3.